The second-order valence-corrected chi connectivity index (χ2v) is 9.32. The van der Waals surface area contributed by atoms with Crippen LogP contribution in [0.1, 0.15) is 29.9 Å². The van der Waals surface area contributed by atoms with Crippen molar-refractivity contribution in [2.75, 3.05) is 5.73 Å². The van der Waals surface area contributed by atoms with Crippen LogP contribution >= 0.6 is 0 Å². The summed E-state index contributed by atoms with van der Waals surface area (Å²) in [5.74, 6) is -2.98. The molecule has 0 radical (unpaired) electrons. The first kappa shape index (κ1) is 27.6. The van der Waals surface area contributed by atoms with E-state index in [1.165, 1.54) is 6.07 Å². The van der Waals surface area contributed by atoms with Gasteiger partial charge < -0.3 is 24.6 Å². The van der Waals surface area contributed by atoms with Crippen molar-refractivity contribution in [3.05, 3.63) is 33.7 Å². The van der Waals surface area contributed by atoms with Crippen molar-refractivity contribution in [3.63, 3.8) is 0 Å². The fourth-order valence-electron chi connectivity index (χ4n) is 3.67. The minimum absolute atomic E-state index is 0. The van der Waals surface area contributed by atoms with Crippen LogP contribution < -0.4 is 75.6 Å². The molecule has 1 aromatic heterocycles. The minimum atomic E-state index is -5.11. The van der Waals surface area contributed by atoms with Gasteiger partial charge in [0.1, 0.15) is 0 Å². The predicted octanol–water partition coefficient (Wildman–Crippen LogP) is -7.29. The molecular weight excluding hydrogens is 464 g/mol. The molecule has 2 atom stereocenters. The Morgan fingerprint density at radius 3 is 2.37 bits per heavy atom. The van der Waals surface area contributed by atoms with Gasteiger partial charge in [-0.1, -0.05) is 0 Å². The number of rotatable bonds is 5. The summed E-state index contributed by atoms with van der Waals surface area (Å²) in [6, 6.07) is 2.34. The summed E-state index contributed by atoms with van der Waals surface area (Å²) in [6.45, 7) is 0. The van der Waals surface area contributed by atoms with Crippen LogP contribution in [0.4, 0.5) is 5.69 Å². The van der Waals surface area contributed by atoms with E-state index in [1.807, 2.05) is 0 Å². The van der Waals surface area contributed by atoms with Gasteiger partial charge >= 0.3 is 64.7 Å². The summed E-state index contributed by atoms with van der Waals surface area (Å²) in [7, 11) is -10.0. The summed E-state index contributed by atoms with van der Waals surface area (Å²) in [5, 5.41) is 8.96. The zero-order chi connectivity index (χ0) is 21.0. The van der Waals surface area contributed by atoms with Crippen molar-refractivity contribution in [1.29, 1.82) is 0 Å². The first-order chi connectivity index (χ1) is 12.8. The second kappa shape index (κ2) is 9.57. The topological polar surface area (TPSA) is 208 Å². The number of nitrogens with two attached hydrogens (primary N) is 1. The molecule has 15 heteroatoms. The number of nitrogen functional groups attached to an aromatic ring is 1. The van der Waals surface area contributed by atoms with Gasteiger partial charge in [0.2, 0.25) is 0 Å². The standard InChI is InChI=1S/C15H15NO10S2.2Na/c16-9-4-3-7-12-6(10(5-11(17)18)27(20,21)22)1-2-8(12)15(19)26-13(7)14(9)28(23,24)25;;/h3-4,6,10H,1-2,5,16H2,(H,17,18)(H,20,21,22)(H,23,24,25);;/q;2*+1/p-2. The molecule has 0 saturated heterocycles. The Bertz CT molecular complexity index is 1270. The average Bonchev–Trinajstić information content (AvgIpc) is 2.95. The number of aliphatic carboxylic acids is 1. The molecule has 1 aromatic carbocycles. The molecule has 30 heavy (non-hydrogen) atoms. The monoisotopic (exact) mass is 477 g/mol. The van der Waals surface area contributed by atoms with Crippen LogP contribution in [0, 0.1) is 0 Å². The van der Waals surface area contributed by atoms with Gasteiger partial charge in [-0.05, 0) is 30.5 Å². The number of hydrogen-bond acceptors (Lipinski definition) is 10. The molecule has 3 rings (SSSR count). The fraction of sp³-hybridized carbons (Fsp3) is 0.333. The Hall–Kier alpha value is -0.480. The molecular formula is C15H13NNa2O10S2. The number of fused-ring (bicyclic) bond motifs is 3. The summed E-state index contributed by atoms with van der Waals surface area (Å²) in [4.78, 5) is 22.4. The molecule has 0 saturated carbocycles. The molecule has 0 fully saturated rings. The molecule has 0 bridgehead atoms. The number of benzene rings is 1. The van der Waals surface area contributed by atoms with Gasteiger partial charge in [-0.3, -0.25) is 4.55 Å². The quantitative estimate of drug-likeness (QED) is 0.179. The van der Waals surface area contributed by atoms with Crippen LogP contribution in [0.3, 0.4) is 0 Å². The van der Waals surface area contributed by atoms with Crippen LogP contribution in [-0.4, -0.2) is 37.2 Å². The van der Waals surface area contributed by atoms with E-state index in [4.69, 9.17) is 10.2 Å². The maximum Gasteiger partial charge on any atom is 1.00 e. The van der Waals surface area contributed by atoms with Crippen molar-refractivity contribution in [2.24, 2.45) is 0 Å². The number of anilines is 1. The van der Waals surface area contributed by atoms with Gasteiger partial charge in [0.05, 0.1) is 21.1 Å². The van der Waals surface area contributed by atoms with E-state index in [-0.39, 0.29) is 88.5 Å². The maximum atomic E-state index is 12.3. The van der Waals surface area contributed by atoms with E-state index in [9.17, 15) is 40.6 Å². The Labute approximate surface area is 215 Å². The molecule has 1 heterocycles. The first-order valence-corrected chi connectivity index (χ1v) is 10.7. The smallest absolute Gasteiger partial charge is 0.748 e. The van der Waals surface area contributed by atoms with E-state index in [1.54, 1.807) is 0 Å². The second-order valence-electron chi connectivity index (χ2n) is 6.37. The molecule has 2 aromatic rings. The molecule has 1 aliphatic carbocycles. The van der Waals surface area contributed by atoms with Crippen LogP contribution in [-0.2, 0) is 31.5 Å². The van der Waals surface area contributed by atoms with Gasteiger partial charge in [0.15, 0.2) is 10.5 Å². The first-order valence-electron chi connectivity index (χ1n) is 7.82. The van der Waals surface area contributed by atoms with E-state index in [0.29, 0.717) is 0 Å². The van der Waals surface area contributed by atoms with Gasteiger partial charge in [0, 0.05) is 29.3 Å². The Morgan fingerprint density at radius 2 is 1.87 bits per heavy atom. The molecule has 1 aliphatic rings. The van der Waals surface area contributed by atoms with E-state index in [0.717, 1.165) is 6.07 Å². The normalized spacial score (nSPS) is 16.9. The Balaban J connectivity index is 0.00000225. The summed E-state index contributed by atoms with van der Waals surface area (Å²) >= 11 is 0. The van der Waals surface area contributed by atoms with Crippen molar-refractivity contribution < 1.29 is 99.4 Å². The van der Waals surface area contributed by atoms with Gasteiger partial charge in [0.25, 0.3) is 10.1 Å². The third kappa shape index (κ3) is 5.11. The summed E-state index contributed by atoms with van der Waals surface area (Å²) in [5.41, 5.74) is 3.52. The zero-order valence-electron chi connectivity index (χ0n) is 15.9. The van der Waals surface area contributed by atoms with Crippen LogP contribution in [0.25, 0.3) is 11.0 Å². The van der Waals surface area contributed by atoms with Gasteiger partial charge in [-0.2, -0.15) is 8.42 Å². The van der Waals surface area contributed by atoms with Crippen LogP contribution in [0.5, 0.6) is 0 Å². The largest absolute Gasteiger partial charge is 1.00 e. The van der Waals surface area contributed by atoms with Crippen molar-refractivity contribution in [3.8, 4) is 0 Å². The Morgan fingerprint density at radius 1 is 1.27 bits per heavy atom. The van der Waals surface area contributed by atoms with Gasteiger partial charge in [-0.25, -0.2) is 13.2 Å². The molecule has 2 unspecified atom stereocenters. The fourth-order valence-corrected chi connectivity index (χ4v) is 5.44. The summed E-state index contributed by atoms with van der Waals surface area (Å²) < 4.78 is 72.8. The number of carboxylic acids is 1. The molecule has 0 aliphatic heterocycles. The van der Waals surface area contributed by atoms with Crippen LogP contribution in [0.15, 0.2) is 26.2 Å². The predicted molar refractivity (Wildman–Crippen MR) is 90.9 cm³/mol. The van der Waals surface area contributed by atoms with Crippen molar-refractivity contribution in [2.45, 2.75) is 35.3 Å². The van der Waals surface area contributed by atoms with Crippen molar-refractivity contribution in [1.82, 2.24) is 0 Å². The van der Waals surface area contributed by atoms with Gasteiger partial charge in [-0.15, -0.1) is 0 Å². The maximum absolute atomic E-state index is 12.3. The third-order valence-corrected chi connectivity index (χ3v) is 6.89. The SMILES string of the molecule is Nc1ccc2c3c(c(=O)oc2c1S(=O)(=O)O)CCC3C(CC(=O)[O-])S(=O)(=O)[O-].[Na+].[Na+]. The average molecular weight is 477 g/mol. The zero-order valence-corrected chi connectivity index (χ0v) is 21.6. The molecule has 0 spiro atoms. The number of hydrogen-bond donors (Lipinski definition) is 2. The molecule has 3 N–H and O–H groups in total. The molecule has 11 nitrogen and oxygen atoms in total. The molecule has 0 amide bonds. The van der Waals surface area contributed by atoms with E-state index in [2.05, 4.69) is 0 Å². The van der Waals surface area contributed by atoms with Crippen LogP contribution in [0.2, 0.25) is 0 Å². The van der Waals surface area contributed by atoms with E-state index >= 15 is 0 Å². The number of carbonyl (C=O) groups is 1. The van der Waals surface area contributed by atoms with Crippen molar-refractivity contribution >= 4 is 42.9 Å². The number of carbonyl (C=O) groups excluding carboxylic acids is 1. The third-order valence-electron chi connectivity index (χ3n) is 4.72. The Kier molecular flexibility index (Phi) is 8.79. The minimum Gasteiger partial charge on any atom is -0.748 e. The van der Waals surface area contributed by atoms with E-state index < -0.39 is 65.6 Å². The molecule has 152 valence electrons. The summed E-state index contributed by atoms with van der Waals surface area (Å²) in [6.07, 6.45) is -1.16. The number of carboxylic acid groups (broad SMARTS) is 1.